The van der Waals surface area contributed by atoms with Gasteiger partial charge in [-0.2, -0.15) is 0 Å². The zero-order valence-electron chi connectivity index (χ0n) is 22.8. The summed E-state index contributed by atoms with van der Waals surface area (Å²) in [6.45, 7) is 0.923. The van der Waals surface area contributed by atoms with Gasteiger partial charge in [-0.15, -0.1) is 0 Å². The van der Waals surface area contributed by atoms with Gasteiger partial charge in [0.15, 0.2) is 0 Å². The van der Waals surface area contributed by atoms with Crippen molar-refractivity contribution in [2.75, 3.05) is 13.7 Å². The summed E-state index contributed by atoms with van der Waals surface area (Å²) < 4.78 is 4.93. The average molecular weight is 546 g/mol. The molecule has 1 aliphatic heterocycles. The fourth-order valence-corrected chi connectivity index (χ4v) is 5.89. The minimum Gasteiger partial charge on any atom is -0.465 e. The van der Waals surface area contributed by atoms with E-state index in [1.54, 1.807) is 30.5 Å². The van der Waals surface area contributed by atoms with Gasteiger partial charge in [0.2, 0.25) is 11.7 Å². The lowest BCUT2D eigenvalue weighted by Gasteiger charge is -2.30. The molecule has 0 spiro atoms. The third kappa shape index (κ3) is 5.41. The predicted molar refractivity (Wildman–Crippen MR) is 155 cm³/mol. The first-order valence-corrected chi connectivity index (χ1v) is 13.9. The minimum absolute atomic E-state index is 0.0267. The zero-order valence-corrected chi connectivity index (χ0v) is 22.8. The molecule has 4 aromatic rings. The van der Waals surface area contributed by atoms with Crippen molar-refractivity contribution in [3.05, 3.63) is 125 Å². The average Bonchev–Trinajstić information content (AvgIpc) is 3.85. The number of pyridine rings is 1. The second-order valence-electron chi connectivity index (χ2n) is 10.5. The van der Waals surface area contributed by atoms with Crippen LogP contribution in [0.5, 0.6) is 0 Å². The van der Waals surface area contributed by atoms with Crippen LogP contribution in [0.4, 0.5) is 0 Å². The Hall–Kier alpha value is -4.62. The molecule has 1 unspecified atom stereocenters. The van der Waals surface area contributed by atoms with Crippen LogP contribution >= 0.6 is 0 Å². The Morgan fingerprint density at radius 3 is 2.59 bits per heavy atom. The molecule has 1 fully saturated rings. The maximum absolute atomic E-state index is 13.7. The van der Waals surface area contributed by atoms with E-state index in [1.165, 1.54) is 12.7 Å². The van der Waals surface area contributed by atoms with Gasteiger partial charge in [0, 0.05) is 25.2 Å². The van der Waals surface area contributed by atoms with Gasteiger partial charge in [-0.1, -0.05) is 60.7 Å². The molecule has 3 aromatic carbocycles. The summed E-state index contributed by atoms with van der Waals surface area (Å²) in [5.74, 6) is -0.295. The highest BCUT2D eigenvalue weighted by molar-refractivity contribution is 6.00. The van der Waals surface area contributed by atoms with Crippen LogP contribution in [0.25, 0.3) is 11.1 Å². The van der Waals surface area contributed by atoms with E-state index in [0.29, 0.717) is 30.8 Å². The fraction of sp³-hybridized carbons (Fsp3) is 0.235. The van der Waals surface area contributed by atoms with E-state index in [0.717, 1.165) is 34.2 Å². The molecule has 0 bridgehead atoms. The van der Waals surface area contributed by atoms with Gasteiger partial charge in [-0.3, -0.25) is 14.6 Å². The number of methoxy groups -OCH3 is 1. The lowest BCUT2D eigenvalue weighted by Crippen LogP contribution is -2.37. The van der Waals surface area contributed by atoms with Crippen molar-refractivity contribution in [1.82, 2.24) is 15.6 Å². The summed E-state index contributed by atoms with van der Waals surface area (Å²) in [6.07, 6.45) is 3.15. The van der Waals surface area contributed by atoms with Gasteiger partial charge < -0.3 is 15.4 Å². The van der Waals surface area contributed by atoms with Gasteiger partial charge >= 0.3 is 5.97 Å². The molecule has 1 aromatic heterocycles. The highest BCUT2D eigenvalue weighted by Crippen LogP contribution is 2.47. The molecular formula is C34H31N3O4. The van der Waals surface area contributed by atoms with Crippen LogP contribution in [0.2, 0.25) is 0 Å². The summed E-state index contributed by atoms with van der Waals surface area (Å²) >= 11 is 0. The second-order valence-corrected chi connectivity index (χ2v) is 10.5. The number of esters is 1. The Labute approximate surface area is 239 Å². The predicted octanol–water partition coefficient (Wildman–Crippen LogP) is 5.02. The molecule has 1 saturated carbocycles. The van der Waals surface area contributed by atoms with E-state index >= 15 is 0 Å². The number of benzene rings is 3. The van der Waals surface area contributed by atoms with E-state index in [9.17, 15) is 14.4 Å². The van der Waals surface area contributed by atoms with Crippen LogP contribution in [0.1, 0.15) is 61.5 Å². The van der Waals surface area contributed by atoms with Gasteiger partial charge in [0.05, 0.1) is 18.7 Å². The summed E-state index contributed by atoms with van der Waals surface area (Å²) in [7, 11) is 1.36. The molecule has 41 heavy (non-hydrogen) atoms. The first-order chi connectivity index (χ1) is 20.0. The Kier molecular flexibility index (Phi) is 7.44. The van der Waals surface area contributed by atoms with Gasteiger partial charge in [-0.25, -0.2) is 4.79 Å². The van der Waals surface area contributed by atoms with Crippen molar-refractivity contribution in [3.8, 4) is 11.1 Å². The van der Waals surface area contributed by atoms with Crippen LogP contribution < -0.4 is 10.6 Å². The number of carbonyl (C=O) groups excluding carboxylic acids is 3. The smallest absolute Gasteiger partial charge is 0.337 e. The van der Waals surface area contributed by atoms with Crippen molar-refractivity contribution < 1.29 is 19.1 Å². The molecule has 3 atom stereocenters. The van der Waals surface area contributed by atoms with Gasteiger partial charge in [0.25, 0.3) is 0 Å². The van der Waals surface area contributed by atoms with E-state index in [1.807, 2.05) is 48.5 Å². The lowest BCUT2D eigenvalue weighted by atomic mass is 9.82. The van der Waals surface area contributed by atoms with Crippen LogP contribution in [0.3, 0.4) is 0 Å². The minimum atomic E-state index is -0.609. The van der Waals surface area contributed by atoms with E-state index in [-0.39, 0.29) is 23.5 Å². The SMILES string of the molecule is COC(=O)c1cccc(-c2ccc(CNC(=O)[C@@H]3C[C@@H]3c3ccccc3)c3c2CCNC3C(=O)c2ccccn2)c1. The zero-order chi connectivity index (χ0) is 28.3. The lowest BCUT2D eigenvalue weighted by molar-refractivity contribution is -0.122. The molecule has 7 nitrogen and oxygen atoms in total. The topological polar surface area (TPSA) is 97.4 Å². The first-order valence-electron chi connectivity index (χ1n) is 13.9. The largest absolute Gasteiger partial charge is 0.465 e. The summed E-state index contributed by atoms with van der Waals surface area (Å²) in [6, 6.07) is 26.2. The van der Waals surface area contributed by atoms with Gasteiger partial charge in [-0.05, 0) is 76.4 Å². The van der Waals surface area contributed by atoms with Crippen molar-refractivity contribution in [1.29, 1.82) is 0 Å². The van der Waals surface area contributed by atoms with Crippen LogP contribution in [-0.2, 0) is 22.5 Å². The number of amides is 1. The third-order valence-corrected chi connectivity index (χ3v) is 8.04. The summed E-state index contributed by atoms with van der Waals surface area (Å²) in [5, 5.41) is 6.55. The number of ether oxygens (including phenoxy) is 1. The van der Waals surface area contributed by atoms with Crippen LogP contribution in [0, 0.1) is 5.92 Å². The number of nitrogens with one attached hydrogen (secondary N) is 2. The van der Waals surface area contributed by atoms with E-state index in [2.05, 4.69) is 27.8 Å². The summed E-state index contributed by atoms with van der Waals surface area (Å²) in [4.78, 5) is 43.4. The number of fused-ring (bicyclic) bond motifs is 1. The Morgan fingerprint density at radius 2 is 1.80 bits per heavy atom. The number of hydrogen-bond acceptors (Lipinski definition) is 6. The Morgan fingerprint density at radius 1 is 0.976 bits per heavy atom. The Balaban J connectivity index is 1.34. The van der Waals surface area contributed by atoms with E-state index in [4.69, 9.17) is 4.74 Å². The molecule has 2 heterocycles. The molecular weight excluding hydrogens is 514 g/mol. The summed E-state index contributed by atoms with van der Waals surface area (Å²) in [5.41, 5.74) is 6.64. The third-order valence-electron chi connectivity index (χ3n) is 8.04. The fourth-order valence-electron chi connectivity index (χ4n) is 5.89. The van der Waals surface area contributed by atoms with Crippen molar-refractivity contribution >= 4 is 17.7 Å². The number of rotatable bonds is 8. The molecule has 206 valence electrons. The maximum atomic E-state index is 13.7. The van der Waals surface area contributed by atoms with Crippen molar-refractivity contribution in [2.24, 2.45) is 5.92 Å². The molecule has 2 N–H and O–H groups in total. The standard InChI is InChI=1S/C34H31N3O4/c1-41-34(40)23-11-7-10-22(18-23)25-14-13-24(20-37-33(39)28-19-27(28)21-8-3-2-4-9-21)30-26(25)15-17-36-31(30)32(38)29-12-5-6-16-35-29/h2-14,16,18,27-28,31,36H,15,17,19-20H2,1H3,(H,37,39)/t27-,28-,31?/m1/s1. The van der Waals surface area contributed by atoms with Crippen molar-refractivity contribution in [2.45, 2.75) is 31.3 Å². The van der Waals surface area contributed by atoms with Crippen LogP contribution in [0.15, 0.2) is 91.1 Å². The quantitative estimate of drug-likeness (QED) is 0.238. The highest BCUT2D eigenvalue weighted by atomic mass is 16.5. The molecule has 6 rings (SSSR count). The number of carbonyl (C=O) groups is 3. The number of nitrogens with zero attached hydrogens (tertiary/aromatic N) is 1. The monoisotopic (exact) mass is 545 g/mol. The molecule has 7 heteroatoms. The highest BCUT2D eigenvalue weighted by Gasteiger charge is 2.43. The number of hydrogen-bond donors (Lipinski definition) is 2. The van der Waals surface area contributed by atoms with Crippen LogP contribution in [-0.4, -0.2) is 36.3 Å². The molecule has 0 saturated heterocycles. The number of Topliss-reactive ketones (excluding diaryl/α,β-unsaturated/α-hetero) is 1. The molecule has 0 radical (unpaired) electrons. The molecule has 1 aliphatic carbocycles. The number of aromatic nitrogens is 1. The second kappa shape index (κ2) is 11.5. The molecule has 1 amide bonds. The normalized spacial score (nSPS) is 19.1. The first kappa shape index (κ1) is 26.6. The Bertz CT molecular complexity index is 1600. The van der Waals surface area contributed by atoms with Crippen molar-refractivity contribution in [3.63, 3.8) is 0 Å². The van der Waals surface area contributed by atoms with Gasteiger partial charge in [0.1, 0.15) is 5.69 Å². The maximum Gasteiger partial charge on any atom is 0.337 e. The molecule has 2 aliphatic rings. The number of ketones is 1. The van der Waals surface area contributed by atoms with E-state index < -0.39 is 12.0 Å².